The van der Waals surface area contributed by atoms with Gasteiger partial charge in [-0.25, -0.2) is 15.0 Å². The molecule has 4 aromatic rings. The molecule has 0 saturated carbocycles. The van der Waals surface area contributed by atoms with Crippen molar-refractivity contribution in [2.24, 2.45) is 0 Å². The van der Waals surface area contributed by atoms with E-state index in [0.717, 1.165) is 48.2 Å². The zero-order chi connectivity index (χ0) is 22.3. The number of likely N-dealkylation sites (tertiary alicyclic amines) is 1. The molecule has 1 aromatic carbocycles. The summed E-state index contributed by atoms with van der Waals surface area (Å²) in [6.07, 6.45) is 0.0176. The Morgan fingerprint density at radius 1 is 1.09 bits per heavy atom. The van der Waals surface area contributed by atoms with Gasteiger partial charge in [0.1, 0.15) is 12.1 Å². The summed E-state index contributed by atoms with van der Waals surface area (Å²) in [5.41, 5.74) is 7.37. The van der Waals surface area contributed by atoms with Crippen LogP contribution in [0.1, 0.15) is 35.6 Å². The van der Waals surface area contributed by atoms with Crippen LogP contribution in [0.5, 0.6) is 0 Å². The number of halogens is 3. The number of hydrogen-bond donors (Lipinski definition) is 1. The number of hydrogen-bond acceptors (Lipinski definition) is 6. The summed E-state index contributed by atoms with van der Waals surface area (Å²) < 4.78 is 41.4. The lowest BCUT2D eigenvalue weighted by atomic mass is 9.92. The van der Waals surface area contributed by atoms with Gasteiger partial charge in [-0.1, -0.05) is 18.2 Å². The molecule has 1 aliphatic rings. The summed E-state index contributed by atoms with van der Waals surface area (Å²) in [4.78, 5) is 18.8. The highest BCUT2D eigenvalue weighted by Gasteiger charge is 2.36. The van der Waals surface area contributed by atoms with Crippen molar-refractivity contribution in [2.75, 3.05) is 18.8 Å². The van der Waals surface area contributed by atoms with Gasteiger partial charge < -0.3 is 5.73 Å². The van der Waals surface area contributed by atoms with Crippen LogP contribution in [0.2, 0.25) is 0 Å². The molecule has 9 heteroatoms. The maximum absolute atomic E-state index is 13.8. The van der Waals surface area contributed by atoms with Crippen molar-refractivity contribution in [1.82, 2.24) is 24.8 Å². The van der Waals surface area contributed by atoms with Gasteiger partial charge in [0.05, 0.1) is 16.5 Å². The molecule has 0 aliphatic carbocycles. The van der Waals surface area contributed by atoms with E-state index in [-0.39, 0.29) is 22.8 Å². The van der Waals surface area contributed by atoms with Crippen molar-refractivity contribution in [2.45, 2.75) is 31.5 Å². The van der Waals surface area contributed by atoms with Crippen molar-refractivity contribution in [3.63, 3.8) is 0 Å². The number of nitrogens with zero attached hydrogens (tertiary/aromatic N) is 5. The molecular formula is C23H21F3N6. The van der Waals surface area contributed by atoms with Gasteiger partial charge in [0, 0.05) is 36.3 Å². The maximum Gasteiger partial charge on any atom is 0.417 e. The molecule has 0 bridgehead atoms. The molecule has 1 saturated heterocycles. The Bertz CT molecular complexity index is 1280. The average molecular weight is 438 g/mol. The first kappa shape index (κ1) is 20.6. The molecule has 2 N–H and O–H groups in total. The predicted octanol–water partition coefficient (Wildman–Crippen LogP) is 4.55. The number of para-hydroxylation sites is 1. The van der Waals surface area contributed by atoms with Crippen molar-refractivity contribution >= 4 is 27.8 Å². The minimum Gasteiger partial charge on any atom is -0.383 e. The van der Waals surface area contributed by atoms with E-state index in [9.17, 15) is 13.2 Å². The highest BCUT2D eigenvalue weighted by molar-refractivity contribution is 5.89. The fraction of sp³-hybridized carbons (Fsp3) is 0.304. The first-order chi connectivity index (χ1) is 15.4. The third kappa shape index (κ3) is 3.84. The zero-order valence-corrected chi connectivity index (χ0v) is 17.2. The van der Waals surface area contributed by atoms with Crippen LogP contribution < -0.4 is 5.73 Å². The maximum atomic E-state index is 13.8. The molecule has 5 rings (SSSR count). The van der Waals surface area contributed by atoms with Gasteiger partial charge in [0.25, 0.3) is 0 Å². The molecular weight excluding hydrogens is 417 g/mol. The number of nitrogens with two attached hydrogens (primary N) is 1. The van der Waals surface area contributed by atoms with Crippen LogP contribution in [-0.2, 0) is 12.7 Å². The van der Waals surface area contributed by atoms with Gasteiger partial charge in [0.15, 0.2) is 5.65 Å². The number of piperidine rings is 1. The second kappa shape index (κ2) is 7.98. The second-order valence-electron chi connectivity index (χ2n) is 8.11. The van der Waals surface area contributed by atoms with Gasteiger partial charge in [-0.15, -0.1) is 0 Å². The van der Waals surface area contributed by atoms with E-state index in [0.29, 0.717) is 18.8 Å². The summed E-state index contributed by atoms with van der Waals surface area (Å²) in [5, 5.41) is 0.854. The van der Waals surface area contributed by atoms with E-state index in [1.807, 2.05) is 30.3 Å². The number of aromatic nitrogens is 4. The third-order valence-corrected chi connectivity index (χ3v) is 6.02. The first-order valence-corrected chi connectivity index (χ1v) is 10.4. The van der Waals surface area contributed by atoms with Gasteiger partial charge in [-0.3, -0.25) is 9.88 Å². The standard InChI is InChI=1S/C23H21F3N6/c24-23(25,26)17-10-19(31-22-20(17)21(27)29-13-30-22)15-4-3-9-32(12-15)11-14-7-8-28-18-6-2-1-5-16(14)18/h1-2,5-8,10,13,15H,3-4,9,11-12H2,(H2,27,29,30,31). The molecule has 0 spiro atoms. The van der Waals surface area contributed by atoms with E-state index in [1.165, 1.54) is 0 Å². The summed E-state index contributed by atoms with van der Waals surface area (Å²) >= 11 is 0. The van der Waals surface area contributed by atoms with Crippen LogP contribution in [-0.4, -0.2) is 37.9 Å². The van der Waals surface area contributed by atoms with Gasteiger partial charge >= 0.3 is 6.18 Å². The number of nitrogen functional groups attached to an aromatic ring is 1. The second-order valence-corrected chi connectivity index (χ2v) is 8.11. The van der Waals surface area contributed by atoms with E-state index in [1.54, 1.807) is 6.20 Å². The largest absolute Gasteiger partial charge is 0.417 e. The molecule has 1 fully saturated rings. The van der Waals surface area contributed by atoms with Gasteiger partial charge in [-0.05, 0) is 43.1 Å². The third-order valence-electron chi connectivity index (χ3n) is 6.02. The van der Waals surface area contributed by atoms with Gasteiger partial charge in [0.2, 0.25) is 0 Å². The van der Waals surface area contributed by atoms with Crippen molar-refractivity contribution < 1.29 is 13.2 Å². The van der Waals surface area contributed by atoms with Crippen LogP contribution in [0, 0.1) is 0 Å². The molecule has 0 amide bonds. The van der Waals surface area contributed by atoms with Crippen LogP contribution in [0.25, 0.3) is 21.9 Å². The quantitative estimate of drug-likeness (QED) is 0.505. The highest BCUT2D eigenvalue weighted by Crippen LogP contribution is 2.38. The molecule has 6 nitrogen and oxygen atoms in total. The minimum absolute atomic E-state index is 0.0143. The normalized spacial score (nSPS) is 17.8. The molecule has 1 atom stereocenters. The monoisotopic (exact) mass is 438 g/mol. The summed E-state index contributed by atoms with van der Waals surface area (Å²) in [5.74, 6) is -0.338. The smallest absolute Gasteiger partial charge is 0.383 e. The summed E-state index contributed by atoms with van der Waals surface area (Å²) in [6.45, 7) is 2.20. The zero-order valence-electron chi connectivity index (χ0n) is 17.2. The molecule has 0 radical (unpaired) electrons. The topological polar surface area (TPSA) is 80.8 Å². The Morgan fingerprint density at radius 2 is 1.94 bits per heavy atom. The fourth-order valence-corrected chi connectivity index (χ4v) is 4.51. The fourth-order valence-electron chi connectivity index (χ4n) is 4.51. The number of anilines is 1. The average Bonchev–Trinajstić information content (AvgIpc) is 2.78. The molecule has 3 aromatic heterocycles. The van der Waals surface area contributed by atoms with E-state index >= 15 is 0 Å². The first-order valence-electron chi connectivity index (χ1n) is 10.4. The highest BCUT2D eigenvalue weighted by atomic mass is 19.4. The molecule has 164 valence electrons. The molecule has 4 heterocycles. The number of benzene rings is 1. The van der Waals surface area contributed by atoms with Crippen molar-refractivity contribution in [3.8, 4) is 0 Å². The Kier molecular flexibility index (Phi) is 5.13. The van der Waals surface area contributed by atoms with E-state index < -0.39 is 11.7 Å². The number of fused-ring (bicyclic) bond motifs is 2. The SMILES string of the molecule is Nc1ncnc2nc(C3CCCN(Cc4ccnc5ccccc45)C3)cc(C(F)(F)F)c12. The lowest BCUT2D eigenvalue weighted by Gasteiger charge is -2.33. The van der Waals surface area contributed by atoms with E-state index in [2.05, 4.69) is 24.8 Å². The van der Waals surface area contributed by atoms with Crippen LogP contribution in [0.4, 0.5) is 19.0 Å². The Morgan fingerprint density at radius 3 is 2.78 bits per heavy atom. The van der Waals surface area contributed by atoms with Crippen LogP contribution in [0.3, 0.4) is 0 Å². The van der Waals surface area contributed by atoms with Gasteiger partial charge in [-0.2, -0.15) is 13.2 Å². The molecule has 32 heavy (non-hydrogen) atoms. The van der Waals surface area contributed by atoms with Crippen LogP contribution in [0.15, 0.2) is 48.9 Å². The lowest BCUT2D eigenvalue weighted by Crippen LogP contribution is -2.34. The minimum atomic E-state index is -4.57. The number of rotatable bonds is 3. The Hall–Kier alpha value is -3.33. The lowest BCUT2D eigenvalue weighted by molar-refractivity contribution is -0.136. The predicted molar refractivity (Wildman–Crippen MR) is 116 cm³/mol. The summed E-state index contributed by atoms with van der Waals surface area (Å²) in [7, 11) is 0. The Balaban J connectivity index is 1.47. The molecule has 1 aliphatic heterocycles. The Labute approximate surface area is 182 Å². The number of alkyl halides is 3. The summed E-state index contributed by atoms with van der Waals surface area (Å²) in [6, 6.07) is 11.1. The van der Waals surface area contributed by atoms with Crippen LogP contribution >= 0.6 is 0 Å². The van der Waals surface area contributed by atoms with E-state index in [4.69, 9.17) is 5.73 Å². The number of pyridine rings is 2. The van der Waals surface area contributed by atoms with Crippen molar-refractivity contribution in [1.29, 1.82) is 0 Å². The van der Waals surface area contributed by atoms with Crippen molar-refractivity contribution in [3.05, 3.63) is 65.7 Å². The molecule has 1 unspecified atom stereocenters.